The number of hydrogen-bond donors (Lipinski definition) is 2. The van der Waals surface area contributed by atoms with Crippen molar-refractivity contribution in [2.24, 2.45) is 9.98 Å². The van der Waals surface area contributed by atoms with Crippen molar-refractivity contribution < 1.29 is 0 Å². The first kappa shape index (κ1) is 37.4. The number of rotatable bonds is 10. The standard InChI is InChI=1S/C51H55N5/c1-9-32-34(11-3)46-42(30-24-19-17-20-25-30)48-36(13-5)38(15-7)50(55-48)51-39(16-8)37(14-6)49(56-51)43(31-26-21-18-22-27-31)47-35(12-4)33(10-2)45(54-47)41-29-23-28-40(52-41)44(32)53-46/h17-29,53-54H,9-16H2,1-8H3. The third kappa shape index (κ3) is 5.86. The molecule has 5 heteroatoms. The van der Waals surface area contributed by atoms with Crippen LogP contribution in [0.25, 0.3) is 33.9 Å². The van der Waals surface area contributed by atoms with E-state index in [1.807, 2.05) is 0 Å². The fraction of sp³-hybridized carbons (Fsp3) is 0.314. The molecule has 0 aliphatic carbocycles. The van der Waals surface area contributed by atoms with Gasteiger partial charge < -0.3 is 9.97 Å². The van der Waals surface area contributed by atoms with Gasteiger partial charge in [-0.3, -0.25) is 0 Å². The van der Waals surface area contributed by atoms with E-state index in [4.69, 9.17) is 15.0 Å². The number of pyridine rings is 1. The average Bonchev–Trinajstić information content (AvgIpc) is 4.01. The maximum absolute atomic E-state index is 5.80. The number of hydrogen-bond acceptors (Lipinski definition) is 3. The van der Waals surface area contributed by atoms with Crippen molar-refractivity contribution in [3.05, 3.63) is 157 Å². The SMILES string of the molecule is CCC1=C(CC)C2=C(c3ccccc3)c3[nH]c(c(CC)c3CC)-c3cccc(n3)-c3[nH]c(c(CC)c3CC)C(c3ccccc3)=C3N=C(C1=N2)C(CC)=C3CC. The maximum atomic E-state index is 5.80. The third-order valence-corrected chi connectivity index (χ3v) is 12.2. The predicted molar refractivity (Wildman–Crippen MR) is 236 cm³/mol. The largest absolute Gasteiger partial charge is 0.353 e. The van der Waals surface area contributed by atoms with Gasteiger partial charge in [0.15, 0.2) is 0 Å². The number of nitrogens with zero attached hydrogens (tertiary/aromatic N) is 3. The lowest BCUT2D eigenvalue weighted by Crippen LogP contribution is -2.16. The lowest BCUT2D eigenvalue weighted by molar-refractivity contribution is 1.04. The van der Waals surface area contributed by atoms with Crippen molar-refractivity contribution in [1.82, 2.24) is 15.0 Å². The summed E-state index contributed by atoms with van der Waals surface area (Å²) < 4.78 is 0. The van der Waals surface area contributed by atoms with Gasteiger partial charge in [-0.1, -0.05) is 122 Å². The smallest absolute Gasteiger partial charge is 0.0932 e. The summed E-state index contributed by atoms with van der Waals surface area (Å²) in [5, 5.41) is 0. The fourth-order valence-electron chi connectivity index (χ4n) is 9.70. The normalized spacial score (nSPS) is 15.3. The second-order valence-corrected chi connectivity index (χ2v) is 14.9. The van der Waals surface area contributed by atoms with Crippen LogP contribution in [0.2, 0.25) is 0 Å². The first-order chi connectivity index (χ1) is 27.5. The van der Waals surface area contributed by atoms with E-state index in [9.17, 15) is 0 Å². The Morgan fingerprint density at radius 1 is 0.375 bits per heavy atom. The van der Waals surface area contributed by atoms with E-state index in [2.05, 4.69) is 144 Å². The number of aromatic nitrogens is 3. The Morgan fingerprint density at radius 3 is 1.07 bits per heavy atom. The molecule has 3 aromatic heterocycles. The fourth-order valence-corrected chi connectivity index (χ4v) is 9.70. The minimum Gasteiger partial charge on any atom is -0.353 e. The second kappa shape index (κ2) is 15.5. The number of aliphatic imine (C=N–C) groups is 2. The van der Waals surface area contributed by atoms with Gasteiger partial charge in [-0.2, -0.15) is 0 Å². The van der Waals surface area contributed by atoms with Crippen molar-refractivity contribution >= 4 is 22.6 Å². The lowest BCUT2D eigenvalue weighted by Gasteiger charge is -2.14. The van der Waals surface area contributed by atoms with Crippen molar-refractivity contribution in [1.29, 1.82) is 0 Å². The molecule has 0 fully saturated rings. The Morgan fingerprint density at radius 2 is 0.732 bits per heavy atom. The van der Waals surface area contributed by atoms with Crippen LogP contribution in [0.3, 0.4) is 0 Å². The van der Waals surface area contributed by atoms with Crippen LogP contribution in [0.15, 0.2) is 123 Å². The molecule has 8 rings (SSSR count). The quantitative estimate of drug-likeness (QED) is 0.147. The molecule has 6 heterocycles. The molecule has 56 heavy (non-hydrogen) atoms. The van der Waals surface area contributed by atoms with Crippen LogP contribution in [0.5, 0.6) is 0 Å². The molecule has 0 amide bonds. The molecule has 5 aromatic rings. The van der Waals surface area contributed by atoms with Crippen LogP contribution in [0.4, 0.5) is 0 Å². The monoisotopic (exact) mass is 737 g/mol. The first-order valence-corrected chi connectivity index (χ1v) is 21.1. The number of aromatic amines is 2. The van der Waals surface area contributed by atoms with Gasteiger partial charge in [-0.15, -0.1) is 0 Å². The number of allylic oxidation sites excluding steroid dienone is 4. The van der Waals surface area contributed by atoms with Crippen LogP contribution in [0.1, 0.15) is 126 Å². The van der Waals surface area contributed by atoms with E-state index in [0.29, 0.717) is 0 Å². The number of H-pyrrole nitrogens is 2. The maximum Gasteiger partial charge on any atom is 0.0932 e. The van der Waals surface area contributed by atoms with E-state index in [-0.39, 0.29) is 0 Å². The van der Waals surface area contributed by atoms with E-state index < -0.39 is 0 Å². The summed E-state index contributed by atoms with van der Waals surface area (Å²) in [7, 11) is 0. The molecule has 2 N–H and O–H groups in total. The Kier molecular flexibility index (Phi) is 10.4. The molecular formula is C51H55N5. The van der Waals surface area contributed by atoms with E-state index in [1.54, 1.807) is 0 Å². The van der Waals surface area contributed by atoms with Gasteiger partial charge in [0.2, 0.25) is 0 Å². The van der Waals surface area contributed by atoms with Crippen molar-refractivity contribution in [2.75, 3.05) is 0 Å². The minimum atomic E-state index is 0.878. The average molecular weight is 738 g/mol. The summed E-state index contributed by atoms with van der Waals surface area (Å²) in [5.74, 6) is 0. The molecule has 5 nitrogen and oxygen atoms in total. The molecule has 0 saturated heterocycles. The number of nitrogens with one attached hydrogen (secondary N) is 2. The Labute approximate surface area is 333 Å². The number of fused-ring (bicyclic) bond motifs is 11. The topological polar surface area (TPSA) is 69.2 Å². The van der Waals surface area contributed by atoms with Crippen molar-refractivity contribution in [2.45, 2.75) is 107 Å². The van der Waals surface area contributed by atoms with Crippen molar-refractivity contribution in [3.8, 4) is 22.8 Å². The highest BCUT2D eigenvalue weighted by Crippen LogP contribution is 2.46. The first-order valence-electron chi connectivity index (χ1n) is 21.1. The van der Waals surface area contributed by atoms with Gasteiger partial charge in [0.25, 0.3) is 0 Å². The summed E-state index contributed by atoms with van der Waals surface area (Å²) in [5.41, 5.74) is 25.8. The molecule has 284 valence electrons. The van der Waals surface area contributed by atoms with E-state index >= 15 is 0 Å². The summed E-state index contributed by atoms with van der Waals surface area (Å²) in [6.45, 7) is 18.3. The molecule has 0 saturated carbocycles. The molecule has 2 aromatic carbocycles. The zero-order valence-electron chi connectivity index (χ0n) is 34.5. The van der Waals surface area contributed by atoms with Crippen LogP contribution < -0.4 is 0 Å². The molecule has 10 bridgehead atoms. The molecule has 0 atom stereocenters. The van der Waals surface area contributed by atoms with E-state index in [1.165, 1.54) is 44.5 Å². The zero-order valence-corrected chi connectivity index (χ0v) is 34.5. The van der Waals surface area contributed by atoms with Gasteiger partial charge in [-0.25, -0.2) is 15.0 Å². The zero-order chi connectivity index (χ0) is 39.1. The van der Waals surface area contributed by atoms with Gasteiger partial charge in [-0.05, 0) is 119 Å². The van der Waals surface area contributed by atoms with Crippen LogP contribution >= 0.6 is 0 Å². The van der Waals surface area contributed by atoms with Crippen LogP contribution in [0, 0.1) is 0 Å². The van der Waals surface area contributed by atoms with Gasteiger partial charge >= 0.3 is 0 Å². The van der Waals surface area contributed by atoms with Crippen LogP contribution in [-0.2, 0) is 25.7 Å². The Balaban J connectivity index is 1.60. The molecule has 0 radical (unpaired) electrons. The third-order valence-electron chi connectivity index (χ3n) is 12.2. The number of benzene rings is 2. The van der Waals surface area contributed by atoms with Crippen LogP contribution in [-0.4, -0.2) is 26.4 Å². The minimum absolute atomic E-state index is 0.878. The highest BCUT2D eigenvalue weighted by atomic mass is 14.9. The second-order valence-electron chi connectivity index (χ2n) is 14.9. The highest BCUT2D eigenvalue weighted by molar-refractivity contribution is 6.55. The summed E-state index contributed by atoms with van der Waals surface area (Å²) in [4.78, 5) is 25.2. The van der Waals surface area contributed by atoms with Gasteiger partial charge in [0, 0.05) is 11.1 Å². The lowest BCUT2D eigenvalue weighted by atomic mass is 9.88. The van der Waals surface area contributed by atoms with Crippen molar-refractivity contribution in [3.63, 3.8) is 0 Å². The Bertz CT molecular complexity index is 2350. The van der Waals surface area contributed by atoms with Gasteiger partial charge in [0.05, 0.1) is 57.0 Å². The summed E-state index contributed by atoms with van der Waals surface area (Å²) in [6.07, 6.45) is 7.09. The van der Waals surface area contributed by atoms with E-state index in [0.717, 1.165) is 131 Å². The molecule has 0 spiro atoms. The molecule has 3 aliphatic heterocycles. The highest BCUT2D eigenvalue weighted by Gasteiger charge is 2.36. The Hall–Kier alpha value is -5.55. The van der Waals surface area contributed by atoms with Gasteiger partial charge in [0.1, 0.15) is 0 Å². The summed E-state index contributed by atoms with van der Waals surface area (Å²) in [6, 6.07) is 28.3. The molecule has 0 unspecified atom stereocenters. The molecular weight excluding hydrogens is 683 g/mol. The summed E-state index contributed by atoms with van der Waals surface area (Å²) >= 11 is 0. The molecule has 3 aliphatic rings. The predicted octanol–water partition coefficient (Wildman–Crippen LogP) is 13.0.